The molecule has 6 nitrogen and oxygen atoms in total. The Hall–Kier alpha value is -2.34. The van der Waals surface area contributed by atoms with Crippen molar-refractivity contribution in [3.8, 4) is 0 Å². The number of ether oxygens (including phenoxy) is 1. The molecule has 0 radical (unpaired) electrons. The quantitative estimate of drug-likeness (QED) is 0.303. The number of guanidine groups is 1. The van der Waals surface area contributed by atoms with Gasteiger partial charge in [0, 0.05) is 31.7 Å². The molecular weight excluding hydrogens is 364 g/mol. The Morgan fingerprint density at radius 2 is 1.86 bits per heavy atom. The fraction of sp³-hybridized carbons (Fsp3) is 0.565. The molecule has 160 valence electrons. The Morgan fingerprint density at radius 1 is 1.03 bits per heavy atom. The lowest BCUT2D eigenvalue weighted by Crippen LogP contribution is -2.37. The number of rotatable bonds is 13. The van der Waals surface area contributed by atoms with Gasteiger partial charge < -0.3 is 19.9 Å². The molecule has 0 aliphatic heterocycles. The molecule has 0 fully saturated rings. The van der Waals surface area contributed by atoms with Crippen molar-refractivity contribution in [3.05, 3.63) is 52.9 Å². The average Bonchev–Trinajstić information content (AvgIpc) is 3.16. The van der Waals surface area contributed by atoms with E-state index in [0.717, 1.165) is 81.4 Å². The van der Waals surface area contributed by atoms with E-state index in [-0.39, 0.29) is 0 Å². The minimum Gasteiger partial charge on any atom is -0.381 e. The van der Waals surface area contributed by atoms with Gasteiger partial charge >= 0.3 is 0 Å². The van der Waals surface area contributed by atoms with Gasteiger partial charge in [-0.1, -0.05) is 49.3 Å². The summed E-state index contributed by atoms with van der Waals surface area (Å²) in [6.45, 7) is 10.1. The van der Waals surface area contributed by atoms with Crippen molar-refractivity contribution in [2.24, 2.45) is 4.99 Å². The monoisotopic (exact) mass is 400 g/mol. The van der Waals surface area contributed by atoms with Crippen LogP contribution in [0.15, 0.2) is 39.8 Å². The van der Waals surface area contributed by atoms with Crippen LogP contribution >= 0.6 is 0 Å². The number of unbranched alkanes of at least 4 members (excludes halogenated alkanes) is 1. The van der Waals surface area contributed by atoms with Crippen molar-refractivity contribution in [2.45, 2.75) is 59.4 Å². The number of benzene rings is 1. The molecule has 1 heterocycles. The van der Waals surface area contributed by atoms with Gasteiger partial charge in [-0.05, 0) is 38.2 Å². The van der Waals surface area contributed by atoms with Gasteiger partial charge in [-0.3, -0.25) is 0 Å². The first-order valence-electron chi connectivity index (χ1n) is 10.9. The molecule has 0 saturated carbocycles. The highest BCUT2D eigenvalue weighted by atomic mass is 16.5. The molecule has 0 atom stereocenters. The predicted molar refractivity (Wildman–Crippen MR) is 118 cm³/mol. The van der Waals surface area contributed by atoms with Gasteiger partial charge in [-0.25, -0.2) is 4.99 Å². The third kappa shape index (κ3) is 8.28. The van der Waals surface area contributed by atoms with E-state index in [1.54, 1.807) is 0 Å². The third-order valence-corrected chi connectivity index (χ3v) is 4.73. The lowest BCUT2D eigenvalue weighted by Gasteiger charge is -2.11. The van der Waals surface area contributed by atoms with Crippen molar-refractivity contribution < 1.29 is 9.26 Å². The highest BCUT2D eigenvalue weighted by Crippen LogP contribution is 2.16. The number of aliphatic imine (C=N–C) groups is 1. The van der Waals surface area contributed by atoms with Crippen molar-refractivity contribution in [1.82, 2.24) is 15.8 Å². The zero-order valence-corrected chi connectivity index (χ0v) is 18.2. The van der Waals surface area contributed by atoms with Gasteiger partial charge in [0.15, 0.2) is 5.96 Å². The fourth-order valence-electron chi connectivity index (χ4n) is 3.09. The zero-order valence-electron chi connectivity index (χ0n) is 18.2. The van der Waals surface area contributed by atoms with Gasteiger partial charge in [0.05, 0.1) is 18.8 Å². The highest BCUT2D eigenvalue weighted by molar-refractivity contribution is 5.79. The minimum atomic E-state index is 0.591. The molecule has 0 saturated heterocycles. The summed E-state index contributed by atoms with van der Waals surface area (Å²) in [4.78, 5) is 4.72. The van der Waals surface area contributed by atoms with E-state index in [0.29, 0.717) is 6.54 Å². The van der Waals surface area contributed by atoms with Gasteiger partial charge in [0.25, 0.3) is 0 Å². The molecule has 0 bridgehead atoms. The molecule has 29 heavy (non-hydrogen) atoms. The maximum atomic E-state index is 5.75. The molecule has 6 heteroatoms. The number of nitrogens with zero attached hydrogens (tertiary/aromatic N) is 2. The number of aryl methyl sites for hydroxylation is 2. The Morgan fingerprint density at radius 3 is 2.59 bits per heavy atom. The standard InChI is InChI=1S/C23H36N4O2/c1-4-21-20(22(5-2)29-27-21)18-26-23(24-6-3)25-15-10-11-16-28-17-14-19-12-8-7-9-13-19/h7-9,12-13H,4-6,10-11,14-18H2,1-3H3,(H2,24,25,26). The second-order valence-electron chi connectivity index (χ2n) is 6.92. The molecule has 0 amide bonds. The Balaban J connectivity index is 1.66. The topological polar surface area (TPSA) is 71.7 Å². The summed E-state index contributed by atoms with van der Waals surface area (Å²) in [5.74, 6) is 1.77. The van der Waals surface area contributed by atoms with Crippen molar-refractivity contribution in [1.29, 1.82) is 0 Å². The SMILES string of the molecule is CCNC(=NCc1c(CC)noc1CC)NCCCCOCCc1ccccc1. The maximum Gasteiger partial charge on any atom is 0.191 e. The molecule has 1 aromatic heterocycles. The number of hydrogen-bond donors (Lipinski definition) is 2. The second kappa shape index (κ2) is 13.8. The van der Waals surface area contributed by atoms with Crippen LogP contribution in [-0.4, -0.2) is 37.4 Å². The van der Waals surface area contributed by atoms with Gasteiger partial charge in [0.1, 0.15) is 5.76 Å². The smallest absolute Gasteiger partial charge is 0.191 e. The average molecular weight is 401 g/mol. The number of nitrogens with one attached hydrogen (secondary N) is 2. The second-order valence-corrected chi connectivity index (χ2v) is 6.92. The predicted octanol–water partition coefficient (Wildman–Crippen LogP) is 3.89. The number of hydrogen-bond acceptors (Lipinski definition) is 4. The summed E-state index contributed by atoms with van der Waals surface area (Å²) < 4.78 is 11.2. The van der Waals surface area contributed by atoms with Gasteiger partial charge in [-0.2, -0.15) is 0 Å². The Kier molecular flexibility index (Phi) is 10.9. The van der Waals surface area contributed by atoms with Crippen LogP contribution in [0.4, 0.5) is 0 Å². The summed E-state index contributed by atoms with van der Waals surface area (Å²) in [5, 5.41) is 10.9. The van der Waals surface area contributed by atoms with Crippen LogP contribution in [0.3, 0.4) is 0 Å². The maximum absolute atomic E-state index is 5.75. The Bertz CT molecular complexity index is 691. The van der Waals surface area contributed by atoms with Crippen LogP contribution in [0, 0.1) is 0 Å². The first-order valence-corrected chi connectivity index (χ1v) is 10.9. The summed E-state index contributed by atoms with van der Waals surface area (Å²) in [6.07, 6.45) is 4.75. The normalized spacial score (nSPS) is 11.6. The first-order chi connectivity index (χ1) is 14.3. The number of aromatic nitrogens is 1. The summed E-state index contributed by atoms with van der Waals surface area (Å²) in [5.41, 5.74) is 3.46. The molecular formula is C23H36N4O2. The molecule has 0 aliphatic carbocycles. The molecule has 0 unspecified atom stereocenters. The molecule has 2 aromatic rings. The molecule has 0 aliphatic rings. The van der Waals surface area contributed by atoms with Crippen molar-refractivity contribution in [2.75, 3.05) is 26.3 Å². The van der Waals surface area contributed by atoms with Crippen molar-refractivity contribution >= 4 is 5.96 Å². The largest absolute Gasteiger partial charge is 0.381 e. The minimum absolute atomic E-state index is 0.591. The van der Waals surface area contributed by atoms with Gasteiger partial charge in [-0.15, -0.1) is 0 Å². The fourth-order valence-corrected chi connectivity index (χ4v) is 3.09. The van der Waals surface area contributed by atoms with E-state index in [4.69, 9.17) is 14.3 Å². The van der Waals surface area contributed by atoms with E-state index < -0.39 is 0 Å². The first kappa shape index (κ1) is 22.9. The molecule has 2 rings (SSSR count). The van der Waals surface area contributed by atoms with Gasteiger partial charge in [0.2, 0.25) is 0 Å². The van der Waals surface area contributed by atoms with Crippen molar-refractivity contribution in [3.63, 3.8) is 0 Å². The van der Waals surface area contributed by atoms with Crippen LogP contribution < -0.4 is 10.6 Å². The molecule has 0 spiro atoms. The summed E-state index contributed by atoms with van der Waals surface area (Å²) in [7, 11) is 0. The van der Waals surface area contributed by atoms with E-state index in [9.17, 15) is 0 Å². The zero-order chi connectivity index (χ0) is 20.7. The lowest BCUT2D eigenvalue weighted by molar-refractivity contribution is 0.133. The van der Waals surface area contributed by atoms with Crippen LogP contribution in [0.1, 0.15) is 56.2 Å². The summed E-state index contributed by atoms with van der Waals surface area (Å²) in [6, 6.07) is 10.5. The van der Waals surface area contributed by atoms with E-state index in [1.165, 1.54) is 5.56 Å². The molecule has 1 aromatic carbocycles. The third-order valence-electron chi connectivity index (χ3n) is 4.73. The van der Waals surface area contributed by atoms with Crippen LogP contribution in [0.5, 0.6) is 0 Å². The molecule has 2 N–H and O–H groups in total. The summed E-state index contributed by atoms with van der Waals surface area (Å²) >= 11 is 0. The Labute approximate surface area is 175 Å². The van der Waals surface area contributed by atoms with E-state index in [2.05, 4.69) is 60.8 Å². The van der Waals surface area contributed by atoms with E-state index in [1.807, 2.05) is 6.07 Å². The lowest BCUT2D eigenvalue weighted by atomic mass is 10.1. The van der Waals surface area contributed by atoms with Crippen LogP contribution in [-0.2, 0) is 30.5 Å². The van der Waals surface area contributed by atoms with Crippen LogP contribution in [0.2, 0.25) is 0 Å². The van der Waals surface area contributed by atoms with Crippen LogP contribution in [0.25, 0.3) is 0 Å². The highest BCUT2D eigenvalue weighted by Gasteiger charge is 2.12. The van der Waals surface area contributed by atoms with E-state index >= 15 is 0 Å².